The van der Waals surface area contributed by atoms with E-state index in [-0.39, 0.29) is 11.9 Å². The quantitative estimate of drug-likeness (QED) is 0.543. The van der Waals surface area contributed by atoms with E-state index in [0.717, 1.165) is 16.7 Å². The lowest BCUT2D eigenvalue weighted by Crippen LogP contribution is -1.78. The zero-order valence-corrected chi connectivity index (χ0v) is 6.26. The molecule has 1 aromatic rings. The van der Waals surface area contributed by atoms with E-state index in [9.17, 15) is 4.39 Å². The van der Waals surface area contributed by atoms with Crippen LogP contribution in [0.2, 0.25) is 0 Å². The Morgan fingerprint density at radius 2 is 2.27 bits per heavy atom. The van der Waals surface area contributed by atoms with E-state index in [2.05, 4.69) is 11.7 Å². The number of rotatable bonds is 1. The number of hydrogen-bond donors (Lipinski definition) is 0. The van der Waals surface area contributed by atoms with Crippen molar-refractivity contribution in [2.24, 2.45) is 4.99 Å². The van der Waals surface area contributed by atoms with Crippen LogP contribution < -0.4 is 0 Å². The highest BCUT2D eigenvalue weighted by Crippen LogP contribution is 2.46. The van der Waals surface area contributed by atoms with Crippen LogP contribution in [0.25, 0.3) is 0 Å². The van der Waals surface area contributed by atoms with Gasteiger partial charge in [-0.15, -0.1) is 0 Å². The molecule has 0 saturated heterocycles. The van der Waals surface area contributed by atoms with Crippen molar-refractivity contribution in [3.63, 3.8) is 0 Å². The second-order valence-electron chi connectivity index (χ2n) is 2.76. The Balaban J connectivity index is 2.55. The molecule has 1 aliphatic carbocycles. The summed E-state index contributed by atoms with van der Waals surface area (Å²) in [6, 6.07) is 3.34. The van der Waals surface area contributed by atoms with Crippen molar-refractivity contribution in [3.05, 3.63) is 34.6 Å². The normalized spacial score (nSPS) is 19.3. The number of halogens is 1. The highest BCUT2D eigenvalue weighted by molar-refractivity contribution is 5.58. The number of nitrogens with zero attached hydrogens (tertiary/aromatic N) is 1. The average molecular weight is 149 g/mol. The Morgan fingerprint density at radius 1 is 1.55 bits per heavy atom. The maximum Gasteiger partial charge on any atom is 0.126 e. The summed E-state index contributed by atoms with van der Waals surface area (Å²) in [5, 5.41) is 0. The summed E-state index contributed by atoms with van der Waals surface area (Å²) in [6.45, 7) is 5.21. The molecule has 0 heterocycles. The monoisotopic (exact) mass is 149 g/mol. The Morgan fingerprint density at radius 3 is 2.91 bits per heavy atom. The van der Waals surface area contributed by atoms with E-state index >= 15 is 0 Å². The highest BCUT2D eigenvalue weighted by Gasteiger charge is 2.34. The zero-order chi connectivity index (χ0) is 8.01. The van der Waals surface area contributed by atoms with Gasteiger partial charge < -0.3 is 0 Å². The average Bonchev–Trinajstić information content (AvgIpc) is 2.71. The molecule has 1 nitrogen and oxygen atoms in total. The molecule has 1 unspecified atom stereocenters. The van der Waals surface area contributed by atoms with Crippen molar-refractivity contribution in [2.75, 3.05) is 0 Å². The van der Waals surface area contributed by atoms with Crippen LogP contribution in [0.4, 0.5) is 4.39 Å². The van der Waals surface area contributed by atoms with Crippen molar-refractivity contribution in [2.45, 2.75) is 13.0 Å². The maximum absolute atomic E-state index is 12.9. The van der Waals surface area contributed by atoms with Crippen LogP contribution in [0.15, 0.2) is 17.1 Å². The van der Waals surface area contributed by atoms with Gasteiger partial charge in [0, 0.05) is 0 Å². The van der Waals surface area contributed by atoms with Crippen LogP contribution in [0, 0.1) is 12.7 Å². The van der Waals surface area contributed by atoms with Gasteiger partial charge in [-0.25, -0.2) is 4.39 Å². The van der Waals surface area contributed by atoms with Gasteiger partial charge in [-0.3, -0.25) is 4.99 Å². The lowest BCUT2D eigenvalue weighted by molar-refractivity contribution is 0.618. The first-order chi connectivity index (χ1) is 5.25. The molecular formula is C9H8FN. The Bertz CT molecular complexity index is 331. The molecule has 0 fully saturated rings. The summed E-state index contributed by atoms with van der Waals surface area (Å²) in [5.41, 5.74) is 2.87. The van der Waals surface area contributed by atoms with Crippen LogP contribution in [-0.4, -0.2) is 6.72 Å². The van der Waals surface area contributed by atoms with E-state index in [0.29, 0.717) is 0 Å². The van der Waals surface area contributed by atoms with E-state index < -0.39 is 0 Å². The molecule has 1 aromatic carbocycles. The fourth-order valence-electron chi connectivity index (χ4n) is 1.43. The lowest BCUT2D eigenvalue weighted by atomic mass is 10.2. The van der Waals surface area contributed by atoms with Gasteiger partial charge >= 0.3 is 0 Å². The van der Waals surface area contributed by atoms with Crippen LogP contribution in [0.3, 0.4) is 0 Å². The van der Waals surface area contributed by atoms with Crippen LogP contribution >= 0.6 is 0 Å². The van der Waals surface area contributed by atoms with Crippen LogP contribution in [0.1, 0.15) is 22.7 Å². The Hall–Kier alpha value is -1.18. The Labute approximate surface area is 64.6 Å². The summed E-state index contributed by atoms with van der Waals surface area (Å²) < 4.78 is 12.9. The second kappa shape index (κ2) is 1.91. The maximum atomic E-state index is 12.9. The third-order valence-corrected chi connectivity index (χ3v) is 2.15. The fraction of sp³-hybridized carbons (Fsp3) is 0.222. The van der Waals surface area contributed by atoms with Gasteiger partial charge in [-0.05, 0) is 36.4 Å². The van der Waals surface area contributed by atoms with Gasteiger partial charge in [0.15, 0.2) is 0 Å². The largest absolute Gasteiger partial charge is 0.288 e. The molecule has 0 aromatic heterocycles. The van der Waals surface area contributed by atoms with Gasteiger partial charge in [0.2, 0.25) is 0 Å². The molecule has 2 rings (SSSR count). The van der Waals surface area contributed by atoms with E-state index in [4.69, 9.17) is 0 Å². The number of fused-ring (bicyclic) bond motifs is 1. The first-order valence-electron chi connectivity index (χ1n) is 3.50. The van der Waals surface area contributed by atoms with E-state index in [1.165, 1.54) is 6.07 Å². The number of benzene rings is 1. The van der Waals surface area contributed by atoms with E-state index in [1.54, 1.807) is 13.0 Å². The minimum absolute atomic E-state index is 0.0829. The van der Waals surface area contributed by atoms with Gasteiger partial charge in [-0.1, -0.05) is 6.07 Å². The van der Waals surface area contributed by atoms with Crippen LogP contribution in [-0.2, 0) is 0 Å². The highest BCUT2D eigenvalue weighted by atomic mass is 19.1. The molecule has 2 heteroatoms. The summed E-state index contributed by atoms with van der Waals surface area (Å²) >= 11 is 0. The lowest BCUT2D eigenvalue weighted by Gasteiger charge is -1.89. The van der Waals surface area contributed by atoms with Crippen molar-refractivity contribution in [1.82, 2.24) is 0 Å². The SMILES string of the molecule is C=NC1c2ccc(F)c(C)c21. The minimum Gasteiger partial charge on any atom is -0.288 e. The summed E-state index contributed by atoms with van der Waals surface area (Å²) in [7, 11) is 0. The van der Waals surface area contributed by atoms with Gasteiger partial charge in [-0.2, -0.15) is 0 Å². The standard InChI is InChI=1S/C9H8FN/c1-5-7(10)4-3-6-8(5)9(6)11-2/h3-4,9H,2H2,1H3. The summed E-state index contributed by atoms with van der Waals surface area (Å²) in [4.78, 5) is 3.85. The molecule has 11 heavy (non-hydrogen) atoms. The van der Waals surface area contributed by atoms with Crippen molar-refractivity contribution in [1.29, 1.82) is 0 Å². The molecule has 0 spiro atoms. The van der Waals surface area contributed by atoms with Crippen molar-refractivity contribution >= 4 is 6.72 Å². The molecule has 0 aliphatic heterocycles. The number of aliphatic imine (C=N–C) groups is 1. The zero-order valence-electron chi connectivity index (χ0n) is 6.26. The molecular weight excluding hydrogens is 141 g/mol. The minimum atomic E-state index is -0.144. The summed E-state index contributed by atoms with van der Waals surface area (Å²) in [5.74, 6) is -0.144. The molecule has 0 N–H and O–H groups in total. The molecule has 0 bridgehead atoms. The van der Waals surface area contributed by atoms with E-state index in [1.807, 2.05) is 0 Å². The third-order valence-electron chi connectivity index (χ3n) is 2.15. The van der Waals surface area contributed by atoms with Crippen molar-refractivity contribution < 1.29 is 4.39 Å². The second-order valence-corrected chi connectivity index (χ2v) is 2.76. The van der Waals surface area contributed by atoms with Gasteiger partial charge in [0.25, 0.3) is 0 Å². The molecule has 1 aliphatic rings. The number of hydrogen-bond acceptors (Lipinski definition) is 1. The topological polar surface area (TPSA) is 12.4 Å². The predicted molar refractivity (Wildman–Crippen MR) is 42.5 cm³/mol. The summed E-state index contributed by atoms with van der Waals surface area (Å²) in [6.07, 6.45) is 0. The molecule has 0 amide bonds. The molecule has 0 saturated carbocycles. The molecule has 0 radical (unpaired) electrons. The first-order valence-corrected chi connectivity index (χ1v) is 3.50. The molecule has 56 valence electrons. The van der Waals surface area contributed by atoms with Crippen molar-refractivity contribution in [3.8, 4) is 0 Å². The molecule has 1 atom stereocenters. The van der Waals surface area contributed by atoms with Gasteiger partial charge in [0.1, 0.15) is 11.9 Å². The Kier molecular flexibility index (Phi) is 1.13. The van der Waals surface area contributed by atoms with Crippen LogP contribution in [0.5, 0.6) is 0 Å². The van der Waals surface area contributed by atoms with Gasteiger partial charge in [0.05, 0.1) is 0 Å². The third kappa shape index (κ3) is 0.723. The fourth-order valence-corrected chi connectivity index (χ4v) is 1.43. The smallest absolute Gasteiger partial charge is 0.126 e. The first kappa shape index (κ1) is 6.53. The predicted octanol–water partition coefficient (Wildman–Crippen LogP) is 2.24.